The van der Waals surface area contributed by atoms with Gasteiger partial charge in [-0.1, -0.05) is 18.2 Å². The first-order valence-electron chi connectivity index (χ1n) is 8.20. The Hall–Kier alpha value is -1.91. The molecule has 1 saturated heterocycles. The van der Waals surface area contributed by atoms with Crippen LogP contribution < -0.4 is 4.74 Å². The number of hydrogen-bond donors (Lipinski definition) is 0. The molecule has 0 saturated carbocycles. The number of methoxy groups -OCH3 is 1. The van der Waals surface area contributed by atoms with E-state index in [1.54, 1.807) is 7.11 Å². The fourth-order valence-electron chi connectivity index (χ4n) is 3.01. The highest BCUT2D eigenvalue weighted by molar-refractivity contribution is 5.28. The predicted molar refractivity (Wildman–Crippen MR) is 90.3 cm³/mol. The molecule has 0 bridgehead atoms. The van der Waals surface area contributed by atoms with Crippen LogP contribution in [-0.4, -0.2) is 36.2 Å². The molecule has 0 amide bonds. The highest BCUT2D eigenvalue weighted by atomic mass is 16.5. The van der Waals surface area contributed by atoms with Gasteiger partial charge in [0, 0.05) is 32.4 Å². The Kier molecular flexibility index (Phi) is 5.61. The molecule has 0 N–H and O–H groups in total. The first kappa shape index (κ1) is 16.0. The van der Waals surface area contributed by atoms with E-state index in [2.05, 4.69) is 28.1 Å². The van der Waals surface area contributed by atoms with E-state index in [1.165, 1.54) is 12.0 Å². The number of rotatable bonds is 7. The highest BCUT2D eigenvalue weighted by Gasteiger charge is 2.20. The molecule has 0 radical (unpaired) electrons. The summed E-state index contributed by atoms with van der Waals surface area (Å²) in [6, 6.07) is 14.3. The summed E-state index contributed by atoms with van der Waals surface area (Å²) in [6.45, 7) is 3.53. The maximum Gasteiger partial charge on any atom is 0.119 e. The molecule has 1 atom stereocenters. The van der Waals surface area contributed by atoms with Gasteiger partial charge in [-0.25, -0.2) is 0 Å². The predicted octanol–water partition coefficient (Wildman–Crippen LogP) is 3.27. The molecule has 1 aliphatic heterocycles. The summed E-state index contributed by atoms with van der Waals surface area (Å²) in [5.41, 5.74) is 2.34. The van der Waals surface area contributed by atoms with Crippen LogP contribution in [0.5, 0.6) is 5.75 Å². The average molecular weight is 312 g/mol. The van der Waals surface area contributed by atoms with Gasteiger partial charge < -0.3 is 9.47 Å². The second-order valence-electron chi connectivity index (χ2n) is 5.98. The molecule has 1 aromatic heterocycles. The third-order valence-electron chi connectivity index (χ3n) is 4.14. The van der Waals surface area contributed by atoms with Crippen LogP contribution in [0.4, 0.5) is 0 Å². The average Bonchev–Trinajstić information content (AvgIpc) is 3.09. The summed E-state index contributed by atoms with van der Waals surface area (Å²) in [5.74, 6) is 0.900. The second kappa shape index (κ2) is 8.09. The molecule has 1 aliphatic rings. The van der Waals surface area contributed by atoms with Crippen LogP contribution >= 0.6 is 0 Å². The lowest BCUT2D eigenvalue weighted by atomic mass is 10.1. The lowest BCUT2D eigenvalue weighted by Crippen LogP contribution is -2.31. The van der Waals surface area contributed by atoms with E-state index in [-0.39, 0.29) is 0 Å². The molecular weight excluding hydrogens is 288 g/mol. The van der Waals surface area contributed by atoms with E-state index in [0.29, 0.717) is 6.10 Å². The zero-order valence-corrected chi connectivity index (χ0v) is 13.6. The summed E-state index contributed by atoms with van der Waals surface area (Å²) in [4.78, 5) is 6.87. The third-order valence-corrected chi connectivity index (χ3v) is 4.14. The summed E-state index contributed by atoms with van der Waals surface area (Å²) in [5, 5.41) is 0. The van der Waals surface area contributed by atoms with Crippen LogP contribution in [-0.2, 0) is 17.8 Å². The first-order valence-corrected chi connectivity index (χ1v) is 8.20. The SMILES string of the molecule is COc1cccc(CN(Cc2ccccn2)C[C@H]2CCCO2)c1. The van der Waals surface area contributed by atoms with E-state index in [1.807, 2.05) is 30.5 Å². The standard InChI is InChI=1S/C19H24N2O2/c1-22-18-8-4-6-16(12-18)13-21(15-19-9-5-11-23-19)14-17-7-2-3-10-20-17/h2-4,6-8,10,12,19H,5,9,11,13-15H2,1H3/t19-/m1/s1. The molecule has 23 heavy (non-hydrogen) atoms. The smallest absolute Gasteiger partial charge is 0.119 e. The number of hydrogen-bond acceptors (Lipinski definition) is 4. The molecule has 122 valence electrons. The van der Waals surface area contributed by atoms with Crippen molar-refractivity contribution in [1.82, 2.24) is 9.88 Å². The Balaban J connectivity index is 1.70. The summed E-state index contributed by atoms with van der Waals surface area (Å²) in [6.07, 6.45) is 4.51. The minimum absolute atomic E-state index is 0.337. The van der Waals surface area contributed by atoms with Crippen LogP contribution in [0.25, 0.3) is 0 Å². The lowest BCUT2D eigenvalue weighted by Gasteiger charge is -2.25. The van der Waals surface area contributed by atoms with Gasteiger partial charge in [-0.2, -0.15) is 0 Å². The fourth-order valence-corrected chi connectivity index (χ4v) is 3.01. The molecule has 4 nitrogen and oxygen atoms in total. The number of ether oxygens (including phenoxy) is 2. The molecule has 2 heterocycles. The zero-order chi connectivity index (χ0) is 15.9. The Morgan fingerprint density at radius 2 is 2.17 bits per heavy atom. The largest absolute Gasteiger partial charge is 0.497 e. The quantitative estimate of drug-likeness (QED) is 0.786. The number of benzene rings is 1. The molecule has 0 aliphatic carbocycles. The molecule has 2 aromatic rings. The van der Waals surface area contributed by atoms with Crippen molar-refractivity contribution in [2.45, 2.75) is 32.0 Å². The first-order chi connectivity index (χ1) is 11.3. The van der Waals surface area contributed by atoms with Crippen LogP contribution in [0.2, 0.25) is 0 Å². The van der Waals surface area contributed by atoms with Gasteiger partial charge >= 0.3 is 0 Å². The maximum atomic E-state index is 5.82. The number of aromatic nitrogens is 1. The van der Waals surface area contributed by atoms with Gasteiger partial charge in [0.15, 0.2) is 0 Å². The van der Waals surface area contributed by atoms with Gasteiger partial charge in [0.05, 0.1) is 18.9 Å². The van der Waals surface area contributed by atoms with Gasteiger partial charge in [-0.15, -0.1) is 0 Å². The van der Waals surface area contributed by atoms with E-state index < -0.39 is 0 Å². The van der Waals surface area contributed by atoms with E-state index in [9.17, 15) is 0 Å². The monoisotopic (exact) mass is 312 g/mol. The fraction of sp³-hybridized carbons (Fsp3) is 0.421. The van der Waals surface area contributed by atoms with Gasteiger partial charge in [0.25, 0.3) is 0 Å². The Morgan fingerprint density at radius 3 is 2.91 bits per heavy atom. The molecule has 1 aromatic carbocycles. The Morgan fingerprint density at radius 1 is 1.22 bits per heavy atom. The van der Waals surface area contributed by atoms with E-state index >= 15 is 0 Å². The van der Waals surface area contributed by atoms with E-state index in [0.717, 1.165) is 44.1 Å². The zero-order valence-electron chi connectivity index (χ0n) is 13.6. The Labute approximate surface area is 138 Å². The third kappa shape index (κ3) is 4.78. The molecule has 0 unspecified atom stereocenters. The van der Waals surface area contributed by atoms with Crippen molar-refractivity contribution in [3.63, 3.8) is 0 Å². The van der Waals surface area contributed by atoms with Crippen LogP contribution in [0.15, 0.2) is 48.7 Å². The summed E-state index contributed by atoms with van der Waals surface area (Å²) >= 11 is 0. The van der Waals surface area contributed by atoms with Gasteiger partial charge in [-0.3, -0.25) is 9.88 Å². The van der Waals surface area contributed by atoms with Crippen molar-refractivity contribution in [2.75, 3.05) is 20.3 Å². The molecule has 0 spiro atoms. The minimum Gasteiger partial charge on any atom is -0.497 e. The molecule has 3 rings (SSSR count). The topological polar surface area (TPSA) is 34.6 Å². The van der Waals surface area contributed by atoms with Crippen LogP contribution in [0, 0.1) is 0 Å². The summed E-state index contributed by atoms with van der Waals surface area (Å²) in [7, 11) is 1.71. The van der Waals surface area contributed by atoms with Crippen molar-refractivity contribution < 1.29 is 9.47 Å². The molecule has 1 fully saturated rings. The van der Waals surface area contributed by atoms with Crippen molar-refractivity contribution in [3.05, 3.63) is 59.9 Å². The number of nitrogens with zero attached hydrogens (tertiary/aromatic N) is 2. The lowest BCUT2D eigenvalue weighted by molar-refractivity contribution is 0.0674. The van der Waals surface area contributed by atoms with Crippen molar-refractivity contribution >= 4 is 0 Å². The molecule has 4 heteroatoms. The second-order valence-corrected chi connectivity index (χ2v) is 5.98. The van der Waals surface area contributed by atoms with Crippen LogP contribution in [0.3, 0.4) is 0 Å². The van der Waals surface area contributed by atoms with Crippen molar-refractivity contribution in [3.8, 4) is 5.75 Å². The van der Waals surface area contributed by atoms with Gasteiger partial charge in [0.2, 0.25) is 0 Å². The van der Waals surface area contributed by atoms with E-state index in [4.69, 9.17) is 9.47 Å². The minimum atomic E-state index is 0.337. The van der Waals surface area contributed by atoms with Crippen molar-refractivity contribution in [2.24, 2.45) is 0 Å². The summed E-state index contributed by atoms with van der Waals surface area (Å²) < 4.78 is 11.1. The highest BCUT2D eigenvalue weighted by Crippen LogP contribution is 2.19. The maximum absolute atomic E-state index is 5.82. The Bertz CT molecular complexity index is 597. The van der Waals surface area contributed by atoms with Crippen LogP contribution in [0.1, 0.15) is 24.1 Å². The normalized spacial score (nSPS) is 17.6. The van der Waals surface area contributed by atoms with Gasteiger partial charge in [0.1, 0.15) is 5.75 Å². The van der Waals surface area contributed by atoms with Crippen molar-refractivity contribution in [1.29, 1.82) is 0 Å². The molecular formula is C19H24N2O2. The van der Waals surface area contributed by atoms with Gasteiger partial charge in [-0.05, 0) is 42.7 Å². The number of pyridine rings is 1.